The molecule has 0 aliphatic rings. The number of thiazole rings is 1. The van der Waals surface area contributed by atoms with Crippen LogP contribution in [0.4, 0.5) is 13.2 Å². The Kier molecular flexibility index (Phi) is 4.88. The zero-order valence-corrected chi connectivity index (χ0v) is 9.73. The number of aryl methyl sites for hydroxylation is 1. The van der Waals surface area contributed by atoms with Gasteiger partial charge in [0.05, 0.1) is 0 Å². The average Bonchev–Trinajstić information content (AvgIpc) is 2.49. The van der Waals surface area contributed by atoms with E-state index in [1.54, 1.807) is 0 Å². The fourth-order valence-corrected chi connectivity index (χ4v) is 2.14. The summed E-state index contributed by atoms with van der Waals surface area (Å²) in [6.45, 7) is 2.76. The van der Waals surface area contributed by atoms with Gasteiger partial charge in [0.15, 0.2) is 0 Å². The van der Waals surface area contributed by atoms with E-state index >= 15 is 0 Å². The highest BCUT2D eigenvalue weighted by molar-refractivity contribution is 8.00. The van der Waals surface area contributed by atoms with Crippen LogP contribution in [0.15, 0.2) is 5.38 Å². The van der Waals surface area contributed by atoms with Gasteiger partial charge in [0.2, 0.25) is 0 Å². The molecule has 0 saturated heterocycles. The van der Waals surface area contributed by atoms with Crippen molar-refractivity contribution in [3.05, 3.63) is 16.1 Å². The van der Waals surface area contributed by atoms with Crippen molar-refractivity contribution in [2.75, 3.05) is 12.3 Å². The number of hydrogen-bond donors (Lipinski definition) is 1. The molecule has 0 spiro atoms. The highest BCUT2D eigenvalue weighted by Gasteiger charge is 2.27. The molecule has 1 aromatic heterocycles. The van der Waals surface area contributed by atoms with Crippen molar-refractivity contribution >= 4 is 23.1 Å². The molecule has 0 aliphatic heterocycles. The summed E-state index contributed by atoms with van der Waals surface area (Å²) < 4.78 is 35.2. The van der Waals surface area contributed by atoms with Gasteiger partial charge in [-0.05, 0) is 18.7 Å². The zero-order chi connectivity index (χ0) is 11.3. The molecule has 1 heterocycles. The van der Waals surface area contributed by atoms with Crippen LogP contribution in [-0.4, -0.2) is 22.8 Å². The van der Waals surface area contributed by atoms with Crippen molar-refractivity contribution in [1.29, 1.82) is 0 Å². The molecule has 0 atom stereocenters. The van der Waals surface area contributed by atoms with Gasteiger partial charge in [0.25, 0.3) is 0 Å². The zero-order valence-electron chi connectivity index (χ0n) is 8.10. The van der Waals surface area contributed by atoms with Crippen molar-refractivity contribution in [1.82, 2.24) is 10.3 Å². The van der Waals surface area contributed by atoms with E-state index in [4.69, 9.17) is 0 Å². The maximum atomic E-state index is 11.7. The van der Waals surface area contributed by atoms with Gasteiger partial charge in [-0.15, -0.1) is 11.3 Å². The molecule has 0 aliphatic carbocycles. The first-order chi connectivity index (χ1) is 6.97. The number of aromatic nitrogens is 1. The lowest BCUT2D eigenvalue weighted by Crippen LogP contribution is -2.18. The second-order valence-electron chi connectivity index (χ2n) is 2.85. The van der Waals surface area contributed by atoms with Crippen LogP contribution in [-0.2, 0) is 6.54 Å². The first-order valence-electron chi connectivity index (χ1n) is 4.30. The van der Waals surface area contributed by atoms with Crippen LogP contribution < -0.4 is 5.32 Å². The molecule has 2 nitrogen and oxygen atoms in total. The first-order valence-corrected chi connectivity index (χ1v) is 6.16. The summed E-state index contributed by atoms with van der Waals surface area (Å²) in [7, 11) is 0. The molecule has 0 radical (unpaired) electrons. The monoisotopic (exact) mass is 256 g/mol. The average molecular weight is 256 g/mol. The van der Waals surface area contributed by atoms with E-state index in [1.165, 1.54) is 11.3 Å². The lowest BCUT2D eigenvalue weighted by Gasteiger charge is -2.05. The van der Waals surface area contributed by atoms with Crippen LogP contribution in [0.1, 0.15) is 10.7 Å². The second-order valence-corrected chi connectivity index (χ2v) is 4.96. The van der Waals surface area contributed by atoms with Crippen LogP contribution in [0.2, 0.25) is 0 Å². The number of halogens is 3. The summed E-state index contributed by atoms with van der Waals surface area (Å²) in [5.74, 6) is 0.0356. The molecular weight excluding hydrogens is 245 g/mol. The standard InChI is InChI=1S/C8H11F3N2S2/c1-6-5-14-7(13-6)4-12-2-3-15-8(9,10)11/h5,12H,2-4H2,1H3. The number of alkyl halides is 3. The highest BCUT2D eigenvalue weighted by Crippen LogP contribution is 2.29. The molecule has 0 amide bonds. The third-order valence-corrected chi connectivity index (χ3v) is 3.19. The Morgan fingerprint density at radius 2 is 2.27 bits per heavy atom. The Morgan fingerprint density at radius 1 is 1.53 bits per heavy atom. The van der Waals surface area contributed by atoms with E-state index in [0.29, 0.717) is 13.1 Å². The summed E-state index contributed by atoms with van der Waals surface area (Å²) in [6, 6.07) is 0. The van der Waals surface area contributed by atoms with Gasteiger partial charge in [-0.2, -0.15) is 13.2 Å². The van der Waals surface area contributed by atoms with Gasteiger partial charge in [0, 0.05) is 29.9 Å². The lowest BCUT2D eigenvalue weighted by atomic mass is 10.5. The molecule has 1 rings (SSSR count). The van der Waals surface area contributed by atoms with E-state index in [1.807, 2.05) is 12.3 Å². The van der Waals surface area contributed by atoms with Crippen LogP contribution in [0.25, 0.3) is 0 Å². The fraction of sp³-hybridized carbons (Fsp3) is 0.625. The third-order valence-electron chi connectivity index (χ3n) is 1.49. The Morgan fingerprint density at radius 3 is 2.80 bits per heavy atom. The number of rotatable bonds is 5. The minimum absolute atomic E-state index is 0.00559. The summed E-state index contributed by atoms with van der Waals surface area (Å²) >= 11 is 1.50. The van der Waals surface area contributed by atoms with E-state index in [0.717, 1.165) is 10.7 Å². The van der Waals surface area contributed by atoms with Gasteiger partial charge >= 0.3 is 5.51 Å². The number of hydrogen-bond acceptors (Lipinski definition) is 4. The van der Waals surface area contributed by atoms with Gasteiger partial charge in [-0.1, -0.05) is 0 Å². The molecule has 1 N–H and O–H groups in total. The predicted octanol–water partition coefficient (Wildman–Crippen LogP) is 2.79. The second kappa shape index (κ2) is 5.72. The molecule has 0 saturated carbocycles. The summed E-state index contributed by atoms with van der Waals surface area (Å²) in [5.41, 5.74) is -3.18. The molecule has 0 unspecified atom stereocenters. The van der Waals surface area contributed by atoms with E-state index in [2.05, 4.69) is 10.3 Å². The number of thioether (sulfide) groups is 1. The molecule has 86 valence electrons. The molecule has 0 fully saturated rings. The number of nitrogens with zero attached hydrogens (tertiary/aromatic N) is 1. The Hall–Kier alpha value is -0.270. The van der Waals surface area contributed by atoms with Crippen LogP contribution >= 0.6 is 23.1 Å². The molecule has 0 bridgehead atoms. The maximum Gasteiger partial charge on any atom is 0.441 e. The summed E-state index contributed by atoms with van der Waals surface area (Å²) in [5, 5.41) is 5.74. The fourth-order valence-electron chi connectivity index (χ4n) is 0.918. The SMILES string of the molecule is Cc1csc(CNCCSC(F)(F)F)n1. The van der Waals surface area contributed by atoms with Crippen molar-refractivity contribution in [3.63, 3.8) is 0 Å². The molecular formula is C8H11F3N2S2. The lowest BCUT2D eigenvalue weighted by molar-refractivity contribution is -0.0327. The van der Waals surface area contributed by atoms with Crippen molar-refractivity contribution in [3.8, 4) is 0 Å². The van der Waals surface area contributed by atoms with Gasteiger partial charge in [-0.25, -0.2) is 4.98 Å². The first kappa shape index (κ1) is 12.8. The Bertz CT molecular complexity index is 298. The third kappa shape index (κ3) is 6.01. The van der Waals surface area contributed by atoms with Crippen molar-refractivity contribution in [2.24, 2.45) is 0 Å². The van der Waals surface area contributed by atoms with Gasteiger partial charge < -0.3 is 5.32 Å². The minimum Gasteiger partial charge on any atom is -0.310 e. The molecule has 0 aromatic carbocycles. The topological polar surface area (TPSA) is 24.9 Å². The largest absolute Gasteiger partial charge is 0.441 e. The minimum atomic E-state index is -4.13. The number of nitrogens with one attached hydrogen (secondary N) is 1. The quantitative estimate of drug-likeness (QED) is 0.820. The van der Waals surface area contributed by atoms with Crippen molar-refractivity contribution < 1.29 is 13.2 Å². The Labute approximate surface area is 94.3 Å². The van der Waals surface area contributed by atoms with Crippen LogP contribution in [0, 0.1) is 6.92 Å². The van der Waals surface area contributed by atoms with E-state index in [9.17, 15) is 13.2 Å². The summed E-state index contributed by atoms with van der Waals surface area (Å²) in [4.78, 5) is 4.18. The van der Waals surface area contributed by atoms with Gasteiger partial charge in [0.1, 0.15) is 5.01 Å². The predicted molar refractivity (Wildman–Crippen MR) is 57.1 cm³/mol. The highest BCUT2D eigenvalue weighted by atomic mass is 32.2. The van der Waals surface area contributed by atoms with E-state index < -0.39 is 5.51 Å². The Balaban J connectivity index is 2.07. The normalized spacial score (nSPS) is 12.0. The van der Waals surface area contributed by atoms with Crippen LogP contribution in [0.3, 0.4) is 0 Å². The van der Waals surface area contributed by atoms with E-state index in [-0.39, 0.29) is 17.5 Å². The summed E-state index contributed by atoms with van der Waals surface area (Å²) in [6.07, 6.45) is 0. The maximum absolute atomic E-state index is 11.7. The van der Waals surface area contributed by atoms with Crippen molar-refractivity contribution in [2.45, 2.75) is 19.0 Å². The van der Waals surface area contributed by atoms with Crippen LogP contribution in [0.5, 0.6) is 0 Å². The molecule has 7 heteroatoms. The smallest absolute Gasteiger partial charge is 0.310 e. The van der Waals surface area contributed by atoms with Gasteiger partial charge in [-0.3, -0.25) is 0 Å². The molecule has 15 heavy (non-hydrogen) atoms. The molecule has 1 aromatic rings.